The number of benzene rings is 1. The molecule has 94 valence electrons. The third-order valence-corrected chi connectivity index (χ3v) is 3.21. The van der Waals surface area contributed by atoms with Crippen molar-refractivity contribution < 1.29 is 4.79 Å². The maximum atomic E-state index is 10.9. The number of aryl methyl sites for hydroxylation is 1. The lowest BCUT2D eigenvalue weighted by Crippen LogP contribution is -1.98. The van der Waals surface area contributed by atoms with Gasteiger partial charge in [-0.1, -0.05) is 29.8 Å². The molecule has 3 nitrogen and oxygen atoms in total. The van der Waals surface area contributed by atoms with E-state index in [0.717, 1.165) is 24.0 Å². The van der Waals surface area contributed by atoms with Crippen LogP contribution in [-0.4, -0.2) is 15.7 Å². The Balaban J connectivity index is 2.03. The first kappa shape index (κ1) is 11.7. The van der Waals surface area contributed by atoms with Crippen molar-refractivity contribution in [3.63, 3.8) is 0 Å². The third-order valence-electron chi connectivity index (χ3n) is 3.21. The van der Waals surface area contributed by atoms with E-state index >= 15 is 0 Å². The summed E-state index contributed by atoms with van der Waals surface area (Å²) in [5.74, 6) is 0.948. The zero-order valence-electron chi connectivity index (χ0n) is 10.7. The van der Waals surface area contributed by atoms with Gasteiger partial charge >= 0.3 is 0 Å². The molecule has 0 bridgehead atoms. The zero-order chi connectivity index (χ0) is 13.2. The molecule has 0 saturated carbocycles. The van der Waals surface area contributed by atoms with Gasteiger partial charge in [0.05, 0.1) is 11.7 Å². The highest BCUT2D eigenvalue weighted by molar-refractivity contribution is 5.75. The predicted molar refractivity (Wildman–Crippen MR) is 74.6 cm³/mol. The minimum absolute atomic E-state index is 0.663. The lowest BCUT2D eigenvalue weighted by molar-refractivity contribution is 0.112. The first-order valence-electron chi connectivity index (χ1n) is 6.23. The van der Waals surface area contributed by atoms with Crippen molar-refractivity contribution in [1.29, 1.82) is 0 Å². The third kappa shape index (κ3) is 2.27. The van der Waals surface area contributed by atoms with E-state index in [2.05, 4.69) is 36.2 Å². The minimum atomic E-state index is 0.663. The van der Waals surface area contributed by atoms with Crippen LogP contribution in [0.25, 0.3) is 5.52 Å². The van der Waals surface area contributed by atoms with Crippen molar-refractivity contribution in [1.82, 2.24) is 9.38 Å². The van der Waals surface area contributed by atoms with E-state index in [1.807, 2.05) is 22.9 Å². The summed E-state index contributed by atoms with van der Waals surface area (Å²) in [5, 5.41) is 0. The van der Waals surface area contributed by atoms with Crippen LogP contribution in [0.1, 0.15) is 27.3 Å². The second-order valence-corrected chi connectivity index (χ2v) is 4.72. The second kappa shape index (κ2) is 4.69. The van der Waals surface area contributed by atoms with Crippen molar-refractivity contribution in [3.05, 3.63) is 71.3 Å². The Hall–Kier alpha value is -2.42. The molecule has 0 N–H and O–H groups in total. The van der Waals surface area contributed by atoms with Gasteiger partial charge in [0.2, 0.25) is 0 Å². The van der Waals surface area contributed by atoms with Crippen molar-refractivity contribution >= 4 is 11.8 Å². The van der Waals surface area contributed by atoms with Gasteiger partial charge in [-0.05, 0) is 24.6 Å². The fourth-order valence-corrected chi connectivity index (χ4v) is 2.27. The number of fused-ring (bicyclic) bond motifs is 1. The highest BCUT2D eigenvalue weighted by atomic mass is 16.1. The van der Waals surface area contributed by atoms with Gasteiger partial charge in [-0.3, -0.25) is 4.79 Å². The summed E-state index contributed by atoms with van der Waals surface area (Å²) in [6.45, 7) is 2.08. The Morgan fingerprint density at radius 3 is 2.95 bits per heavy atom. The van der Waals surface area contributed by atoms with E-state index in [0.29, 0.717) is 5.56 Å². The Labute approximate surface area is 111 Å². The molecule has 0 atom stereocenters. The Morgan fingerprint density at radius 2 is 2.16 bits per heavy atom. The average molecular weight is 250 g/mol. The largest absolute Gasteiger partial charge is 0.303 e. The molecular formula is C16H14N2O. The van der Waals surface area contributed by atoms with Crippen LogP contribution in [0, 0.1) is 6.92 Å². The monoisotopic (exact) mass is 250 g/mol. The molecule has 1 aromatic carbocycles. The number of imidazole rings is 1. The van der Waals surface area contributed by atoms with Gasteiger partial charge in [-0.15, -0.1) is 0 Å². The number of hydrogen-bond donors (Lipinski definition) is 0. The van der Waals surface area contributed by atoms with Crippen LogP contribution in [0.3, 0.4) is 0 Å². The number of carbonyl (C=O) groups excluding carboxylic acids is 1. The standard InChI is InChI=1S/C16H14N2O/c1-12-3-2-4-13(7-12)8-16-17-9-15-6-5-14(11-19)10-18(15)16/h2-7,9-11H,8H2,1H3. The molecule has 0 aliphatic rings. The molecule has 3 rings (SSSR count). The van der Waals surface area contributed by atoms with E-state index in [9.17, 15) is 4.79 Å². The zero-order valence-corrected chi connectivity index (χ0v) is 10.7. The van der Waals surface area contributed by atoms with Crippen molar-refractivity contribution in [2.45, 2.75) is 13.3 Å². The lowest BCUT2D eigenvalue weighted by Gasteiger charge is -2.03. The summed E-state index contributed by atoms with van der Waals surface area (Å²) in [6.07, 6.45) is 5.29. The lowest BCUT2D eigenvalue weighted by atomic mass is 10.1. The van der Waals surface area contributed by atoms with Gasteiger partial charge in [0.25, 0.3) is 0 Å². The maximum Gasteiger partial charge on any atom is 0.151 e. The van der Waals surface area contributed by atoms with Gasteiger partial charge < -0.3 is 4.40 Å². The highest BCUT2D eigenvalue weighted by Crippen LogP contribution is 2.13. The number of nitrogens with zero attached hydrogens (tertiary/aromatic N) is 2. The number of hydrogen-bond acceptors (Lipinski definition) is 2. The van der Waals surface area contributed by atoms with Crippen LogP contribution in [0.2, 0.25) is 0 Å². The van der Waals surface area contributed by atoms with Gasteiger partial charge in [-0.2, -0.15) is 0 Å². The Kier molecular flexibility index (Phi) is 2.88. The van der Waals surface area contributed by atoms with Gasteiger partial charge in [-0.25, -0.2) is 4.98 Å². The molecule has 3 heteroatoms. The van der Waals surface area contributed by atoms with Crippen LogP contribution in [-0.2, 0) is 6.42 Å². The number of aromatic nitrogens is 2. The summed E-state index contributed by atoms with van der Waals surface area (Å²) in [7, 11) is 0. The summed E-state index contributed by atoms with van der Waals surface area (Å²) >= 11 is 0. The van der Waals surface area contributed by atoms with E-state index in [1.54, 1.807) is 6.07 Å². The molecule has 2 heterocycles. The van der Waals surface area contributed by atoms with Crippen LogP contribution in [0.15, 0.2) is 48.8 Å². The number of aldehydes is 1. The van der Waals surface area contributed by atoms with Crippen LogP contribution in [0.4, 0.5) is 0 Å². The van der Waals surface area contributed by atoms with Crippen molar-refractivity contribution in [3.8, 4) is 0 Å². The molecule has 0 radical (unpaired) electrons. The molecular weight excluding hydrogens is 236 g/mol. The fraction of sp³-hybridized carbons (Fsp3) is 0.125. The van der Waals surface area contributed by atoms with Crippen molar-refractivity contribution in [2.24, 2.45) is 0 Å². The molecule has 0 aliphatic heterocycles. The number of rotatable bonds is 3. The molecule has 19 heavy (non-hydrogen) atoms. The second-order valence-electron chi connectivity index (χ2n) is 4.72. The molecule has 0 spiro atoms. The summed E-state index contributed by atoms with van der Waals surface area (Å²) in [4.78, 5) is 15.3. The molecule has 3 aromatic rings. The molecule has 0 fully saturated rings. The van der Waals surface area contributed by atoms with E-state index < -0.39 is 0 Å². The quantitative estimate of drug-likeness (QED) is 0.669. The summed E-state index contributed by atoms with van der Waals surface area (Å²) in [6, 6.07) is 12.1. The topological polar surface area (TPSA) is 34.4 Å². The average Bonchev–Trinajstić information content (AvgIpc) is 2.81. The van der Waals surface area contributed by atoms with Gasteiger partial charge in [0.1, 0.15) is 5.82 Å². The molecule has 0 aliphatic carbocycles. The van der Waals surface area contributed by atoms with Gasteiger partial charge in [0.15, 0.2) is 6.29 Å². The number of carbonyl (C=O) groups is 1. The highest BCUT2D eigenvalue weighted by Gasteiger charge is 2.05. The van der Waals surface area contributed by atoms with E-state index in [4.69, 9.17) is 0 Å². The first-order valence-corrected chi connectivity index (χ1v) is 6.23. The van der Waals surface area contributed by atoms with Crippen LogP contribution >= 0.6 is 0 Å². The SMILES string of the molecule is Cc1cccc(Cc2ncc3ccc(C=O)cn23)c1. The smallest absolute Gasteiger partial charge is 0.151 e. The Bertz CT molecular complexity index is 743. The molecule has 0 amide bonds. The number of pyridine rings is 1. The van der Waals surface area contributed by atoms with E-state index in [-0.39, 0.29) is 0 Å². The van der Waals surface area contributed by atoms with Crippen molar-refractivity contribution in [2.75, 3.05) is 0 Å². The van der Waals surface area contributed by atoms with Gasteiger partial charge in [0, 0.05) is 18.2 Å². The Morgan fingerprint density at radius 1 is 1.26 bits per heavy atom. The normalized spacial score (nSPS) is 10.8. The summed E-state index contributed by atoms with van der Waals surface area (Å²) < 4.78 is 1.98. The van der Waals surface area contributed by atoms with Crippen LogP contribution < -0.4 is 0 Å². The van der Waals surface area contributed by atoms with E-state index in [1.165, 1.54) is 11.1 Å². The maximum absolute atomic E-state index is 10.9. The predicted octanol–water partition coefficient (Wildman–Crippen LogP) is 3.05. The molecule has 0 unspecified atom stereocenters. The fourth-order valence-electron chi connectivity index (χ4n) is 2.27. The minimum Gasteiger partial charge on any atom is -0.303 e. The first-order chi connectivity index (χ1) is 9.26. The molecule has 0 saturated heterocycles. The molecule has 2 aromatic heterocycles. The summed E-state index contributed by atoms with van der Waals surface area (Å²) in [5.41, 5.74) is 4.14. The van der Waals surface area contributed by atoms with Crippen LogP contribution in [0.5, 0.6) is 0 Å².